The van der Waals surface area contributed by atoms with Gasteiger partial charge in [-0.15, -0.1) is 0 Å². The van der Waals surface area contributed by atoms with Gasteiger partial charge in [0.25, 0.3) is 0 Å². The summed E-state index contributed by atoms with van der Waals surface area (Å²) in [5.41, 5.74) is 0. The molecule has 0 aromatic heterocycles. The second kappa shape index (κ2) is 2.12. The molecule has 0 heterocycles. The smallest absolute Gasteiger partial charge is 0.118 e. The Bertz CT molecular complexity index is 133. The monoisotopic (exact) mass is 112 g/mol. The lowest BCUT2D eigenvalue weighted by Crippen LogP contribution is -1.90. The van der Waals surface area contributed by atoms with E-state index in [1.807, 2.05) is 6.08 Å². The van der Waals surface area contributed by atoms with E-state index in [0.717, 1.165) is 6.42 Å². The zero-order chi connectivity index (χ0) is 5.98. The molecule has 0 aromatic carbocycles. The Morgan fingerprint density at radius 2 is 2.50 bits per heavy atom. The zero-order valence-corrected chi connectivity index (χ0v) is 4.89. The van der Waals surface area contributed by atoms with Gasteiger partial charge in [-0.25, -0.2) is 4.39 Å². The number of allylic oxidation sites excluding steroid dienone is 4. The van der Waals surface area contributed by atoms with Crippen molar-refractivity contribution < 1.29 is 4.39 Å². The summed E-state index contributed by atoms with van der Waals surface area (Å²) in [5.74, 6) is 0.428. The van der Waals surface area contributed by atoms with Crippen LogP contribution in [-0.4, -0.2) is 0 Å². The van der Waals surface area contributed by atoms with Gasteiger partial charge in [-0.2, -0.15) is 0 Å². The molecule has 0 bridgehead atoms. The molecule has 1 heteroatoms. The largest absolute Gasteiger partial charge is 0.207 e. The molecular formula is C7H9F. The van der Waals surface area contributed by atoms with Gasteiger partial charge in [0, 0.05) is 0 Å². The van der Waals surface area contributed by atoms with Gasteiger partial charge in [-0.05, 0) is 24.5 Å². The molecule has 1 aliphatic carbocycles. The summed E-state index contributed by atoms with van der Waals surface area (Å²) in [7, 11) is 0. The van der Waals surface area contributed by atoms with Crippen molar-refractivity contribution in [2.24, 2.45) is 5.92 Å². The second-order valence-electron chi connectivity index (χ2n) is 2.16. The van der Waals surface area contributed by atoms with Crippen LogP contribution in [0.1, 0.15) is 13.3 Å². The molecule has 1 rings (SSSR count). The highest BCUT2D eigenvalue weighted by molar-refractivity contribution is 5.16. The predicted molar refractivity (Wildman–Crippen MR) is 32.1 cm³/mol. The molecule has 0 radical (unpaired) electrons. The molecule has 44 valence electrons. The maximum Gasteiger partial charge on any atom is 0.118 e. The Kier molecular flexibility index (Phi) is 1.47. The van der Waals surface area contributed by atoms with Gasteiger partial charge >= 0.3 is 0 Å². The average molecular weight is 112 g/mol. The van der Waals surface area contributed by atoms with E-state index < -0.39 is 0 Å². The van der Waals surface area contributed by atoms with Crippen LogP contribution in [0, 0.1) is 5.92 Å². The van der Waals surface area contributed by atoms with Gasteiger partial charge in [0.05, 0.1) is 0 Å². The van der Waals surface area contributed by atoms with E-state index in [0.29, 0.717) is 5.92 Å². The summed E-state index contributed by atoms with van der Waals surface area (Å²) in [6.45, 7) is 2.07. The minimum absolute atomic E-state index is 0.0944. The lowest BCUT2D eigenvalue weighted by Gasteiger charge is -2.04. The Hall–Kier alpha value is -0.590. The predicted octanol–water partition coefficient (Wildman–Crippen LogP) is 2.44. The first-order valence-electron chi connectivity index (χ1n) is 2.83. The third kappa shape index (κ3) is 1.19. The zero-order valence-electron chi connectivity index (χ0n) is 4.89. The Morgan fingerprint density at radius 3 is 2.88 bits per heavy atom. The number of rotatable bonds is 0. The van der Waals surface area contributed by atoms with Crippen LogP contribution in [0.5, 0.6) is 0 Å². The van der Waals surface area contributed by atoms with Gasteiger partial charge in [0.15, 0.2) is 0 Å². The minimum atomic E-state index is -0.0944. The first-order chi connectivity index (χ1) is 3.79. The first kappa shape index (κ1) is 5.54. The van der Waals surface area contributed by atoms with Crippen molar-refractivity contribution in [1.29, 1.82) is 0 Å². The molecular weight excluding hydrogens is 103 g/mol. The molecule has 0 amide bonds. The maximum atomic E-state index is 12.1. The summed E-state index contributed by atoms with van der Waals surface area (Å²) >= 11 is 0. The van der Waals surface area contributed by atoms with Crippen LogP contribution in [0.4, 0.5) is 4.39 Å². The second-order valence-corrected chi connectivity index (χ2v) is 2.16. The SMILES string of the molecule is C[C@@H]1C=CC(F)=CC1. The quantitative estimate of drug-likeness (QED) is 0.451. The van der Waals surface area contributed by atoms with Gasteiger partial charge in [0.1, 0.15) is 5.83 Å². The third-order valence-corrected chi connectivity index (χ3v) is 1.27. The average Bonchev–Trinajstić information content (AvgIpc) is 1.77. The van der Waals surface area contributed by atoms with E-state index in [2.05, 4.69) is 6.92 Å². The molecule has 0 unspecified atom stereocenters. The molecule has 0 nitrogen and oxygen atoms in total. The number of halogens is 1. The van der Waals surface area contributed by atoms with Gasteiger partial charge < -0.3 is 0 Å². The fourth-order valence-corrected chi connectivity index (χ4v) is 0.701. The third-order valence-electron chi connectivity index (χ3n) is 1.27. The highest BCUT2D eigenvalue weighted by Gasteiger charge is 2.00. The van der Waals surface area contributed by atoms with Crippen molar-refractivity contribution in [3.8, 4) is 0 Å². The normalized spacial score (nSPS) is 27.8. The maximum absolute atomic E-state index is 12.1. The minimum Gasteiger partial charge on any atom is -0.207 e. The molecule has 0 aliphatic heterocycles. The highest BCUT2D eigenvalue weighted by atomic mass is 19.1. The molecule has 0 saturated carbocycles. The molecule has 0 N–H and O–H groups in total. The van der Waals surface area contributed by atoms with E-state index in [1.165, 1.54) is 6.08 Å². The van der Waals surface area contributed by atoms with Crippen LogP contribution < -0.4 is 0 Å². The van der Waals surface area contributed by atoms with Gasteiger partial charge in [0.2, 0.25) is 0 Å². The van der Waals surface area contributed by atoms with E-state index >= 15 is 0 Å². The van der Waals surface area contributed by atoms with Crippen molar-refractivity contribution in [3.05, 3.63) is 24.1 Å². The topological polar surface area (TPSA) is 0 Å². The number of hydrogen-bond acceptors (Lipinski definition) is 0. The van der Waals surface area contributed by atoms with E-state index in [-0.39, 0.29) is 5.83 Å². The fraction of sp³-hybridized carbons (Fsp3) is 0.429. The van der Waals surface area contributed by atoms with Crippen LogP contribution >= 0.6 is 0 Å². The summed E-state index contributed by atoms with van der Waals surface area (Å²) in [6.07, 6.45) is 5.87. The van der Waals surface area contributed by atoms with Crippen LogP contribution in [0.2, 0.25) is 0 Å². The van der Waals surface area contributed by atoms with Crippen LogP contribution in [0.3, 0.4) is 0 Å². The fourth-order valence-electron chi connectivity index (χ4n) is 0.701. The van der Waals surface area contributed by atoms with Crippen LogP contribution in [0.15, 0.2) is 24.1 Å². The van der Waals surface area contributed by atoms with E-state index in [4.69, 9.17) is 0 Å². The van der Waals surface area contributed by atoms with Gasteiger partial charge in [-0.1, -0.05) is 13.0 Å². The Balaban J connectivity index is 2.58. The molecule has 1 aliphatic rings. The number of hydrogen-bond donors (Lipinski definition) is 0. The van der Waals surface area contributed by atoms with Crippen LogP contribution in [-0.2, 0) is 0 Å². The van der Waals surface area contributed by atoms with E-state index in [9.17, 15) is 4.39 Å². The summed E-state index contributed by atoms with van der Waals surface area (Å²) in [5, 5.41) is 0. The molecule has 0 fully saturated rings. The molecule has 0 spiro atoms. The van der Waals surface area contributed by atoms with E-state index in [1.54, 1.807) is 6.08 Å². The summed E-state index contributed by atoms with van der Waals surface area (Å²) < 4.78 is 12.1. The highest BCUT2D eigenvalue weighted by Crippen LogP contribution is 2.15. The molecule has 1 atom stereocenters. The molecule has 8 heavy (non-hydrogen) atoms. The standard InChI is InChI=1S/C7H9F/c1-6-2-4-7(8)5-3-6/h2,4-6H,3H2,1H3/t6-/m1/s1. The molecule has 0 aromatic rings. The van der Waals surface area contributed by atoms with Crippen molar-refractivity contribution in [2.75, 3.05) is 0 Å². The molecule has 0 saturated heterocycles. The Morgan fingerprint density at radius 1 is 1.75 bits per heavy atom. The van der Waals surface area contributed by atoms with Crippen molar-refractivity contribution in [2.45, 2.75) is 13.3 Å². The van der Waals surface area contributed by atoms with Gasteiger partial charge in [-0.3, -0.25) is 0 Å². The van der Waals surface area contributed by atoms with Crippen molar-refractivity contribution >= 4 is 0 Å². The lowest BCUT2D eigenvalue weighted by molar-refractivity contribution is 0.624. The van der Waals surface area contributed by atoms with Crippen LogP contribution in [0.25, 0.3) is 0 Å². The van der Waals surface area contributed by atoms with Crippen molar-refractivity contribution in [3.63, 3.8) is 0 Å². The Labute approximate surface area is 48.7 Å². The lowest BCUT2D eigenvalue weighted by atomic mass is 10.0. The first-order valence-corrected chi connectivity index (χ1v) is 2.83. The summed E-state index contributed by atoms with van der Waals surface area (Å²) in [6, 6.07) is 0. The van der Waals surface area contributed by atoms with Crippen molar-refractivity contribution in [1.82, 2.24) is 0 Å². The summed E-state index contributed by atoms with van der Waals surface area (Å²) in [4.78, 5) is 0.